The smallest absolute Gasteiger partial charge is 0.242 e. The van der Waals surface area contributed by atoms with Gasteiger partial charge in [0, 0.05) is 32.7 Å². The second-order valence-corrected chi connectivity index (χ2v) is 4.94. The molecule has 2 unspecified atom stereocenters. The first kappa shape index (κ1) is 12.3. The van der Waals surface area contributed by atoms with Gasteiger partial charge in [-0.15, -0.1) is 0 Å². The maximum absolute atomic E-state index is 12.0. The third kappa shape index (κ3) is 2.58. The van der Waals surface area contributed by atoms with Crippen LogP contribution in [-0.4, -0.2) is 55.1 Å². The Bertz CT molecular complexity index is 326. The Balaban J connectivity index is 1.89. The van der Waals surface area contributed by atoms with Crippen LogP contribution < -0.4 is 11.1 Å². The molecule has 2 aliphatic rings. The van der Waals surface area contributed by atoms with E-state index in [-0.39, 0.29) is 24.5 Å². The average molecular weight is 241 g/mol. The van der Waals surface area contributed by atoms with Crippen molar-refractivity contribution in [1.29, 1.82) is 0 Å². The number of piperidine rings is 1. The number of nitrogens with one attached hydrogen (secondary N) is 1. The van der Waals surface area contributed by atoms with Gasteiger partial charge >= 0.3 is 0 Å². The number of likely N-dealkylation sites (N-methyl/N-ethyl adjacent to an activating group) is 1. The second-order valence-electron chi connectivity index (χ2n) is 4.94. The summed E-state index contributed by atoms with van der Waals surface area (Å²) in [5.41, 5.74) is 5.08. The van der Waals surface area contributed by atoms with E-state index in [0.717, 1.165) is 0 Å². The summed E-state index contributed by atoms with van der Waals surface area (Å²) in [4.78, 5) is 25.0. The molecule has 3 N–H and O–H groups in total. The standard InChI is InChI=1S/C11H19N3O3/c1-14-6-8(2-3-9(14)15)13-10(16)11(12)4-5-17-7-11/h8H,2-7,12H2,1H3,(H,13,16). The van der Waals surface area contributed by atoms with E-state index < -0.39 is 5.54 Å². The van der Waals surface area contributed by atoms with Gasteiger partial charge in [-0.25, -0.2) is 0 Å². The van der Waals surface area contributed by atoms with Gasteiger partial charge in [0.15, 0.2) is 0 Å². The zero-order valence-corrected chi connectivity index (χ0v) is 10.1. The molecule has 17 heavy (non-hydrogen) atoms. The van der Waals surface area contributed by atoms with Gasteiger partial charge in [-0.05, 0) is 12.8 Å². The van der Waals surface area contributed by atoms with E-state index in [9.17, 15) is 9.59 Å². The number of nitrogens with zero attached hydrogens (tertiary/aromatic N) is 1. The summed E-state index contributed by atoms with van der Waals surface area (Å²) in [7, 11) is 1.75. The molecule has 0 radical (unpaired) electrons. The van der Waals surface area contributed by atoms with Crippen molar-refractivity contribution in [3.05, 3.63) is 0 Å². The summed E-state index contributed by atoms with van der Waals surface area (Å²) in [6.45, 7) is 1.37. The molecule has 0 spiro atoms. The number of nitrogens with two attached hydrogens (primary N) is 1. The topological polar surface area (TPSA) is 84.7 Å². The Morgan fingerprint density at radius 3 is 3.00 bits per heavy atom. The zero-order chi connectivity index (χ0) is 12.5. The van der Waals surface area contributed by atoms with Gasteiger partial charge in [-0.3, -0.25) is 9.59 Å². The van der Waals surface area contributed by atoms with E-state index in [0.29, 0.717) is 32.4 Å². The molecule has 0 aromatic heterocycles. The largest absolute Gasteiger partial charge is 0.379 e. The van der Waals surface area contributed by atoms with Gasteiger partial charge < -0.3 is 20.7 Å². The van der Waals surface area contributed by atoms with E-state index >= 15 is 0 Å². The van der Waals surface area contributed by atoms with Crippen LogP contribution in [0.1, 0.15) is 19.3 Å². The lowest BCUT2D eigenvalue weighted by molar-refractivity contribution is -0.135. The molecule has 96 valence electrons. The summed E-state index contributed by atoms with van der Waals surface area (Å²) < 4.78 is 5.16. The van der Waals surface area contributed by atoms with E-state index in [1.54, 1.807) is 11.9 Å². The van der Waals surface area contributed by atoms with E-state index in [1.807, 2.05) is 0 Å². The van der Waals surface area contributed by atoms with Gasteiger partial charge in [0.2, 0.25) is 11.8 Å². The average Bonchev–Trinajstić information content (AvgIpc) is 2.72. The van der Waals surface area contributed by atoms with Crippen molar-refractivity contribution in [1.82, 2.24) is 10.2 Å². The highest BCUT2D eigenvalue weighted by molar-refractivity contribution is 5.87. The first-order chi connectivity index (χ1) is 8.01. The number of rotatable bonds is 2. The monoisotopic (exact) mass is 241 g/mol. The van der Waals surface area contributed by atoms with E-state index in [1.165, 1.54) is 0 Å². The van der Waals surface area contributed by atoms with Crippen LogP contribution in [0.15, 0.2) is 0 Å². The summed E-state index contributed by atoms with van der Waals surface area (Å²) in [6, 6.07) is 0.00576. The Hall–Kier alpha value is -1.14. The lowest BCUT2D eigenvalue weighted by atomic mass is 9.97. The lowest BCUT2D eigenvalue weighted by Gasteiger charge is -2.32. The van der Waals surface area contributed by atoms with E-state index in [2.05, 4.69) is 5.32 Å². The fourth-order valence-electron chi connectivity index (χ4n) is 2.22. The summed E-state index contributed by atoms with van der Waals surface area (Å²) in [5.74, 6) is -0.0371. The Morgan fingerprint density at radius 1 is 1.65 bits per heavy atom. The molecule has 0 aromatic carbocycles. The fourth-order valence-corrected chi connectivity index (χ4v) is 2.22. The third-order valence-corrected chi connectivity index (χ3v) is 3.47. The molecular formula is C11H19N3O3. The van der Waals surface area contributed by atoms with Crippen molar-refractivity contribution in [2.75, 3.05) is 26.8 Å². The van der Waals surface area contributed by atoms with Crippen LogP contribution in [-0.2, 0) is 14.3 Å². The van der Waals surface area contributed by atoms with Gasteiger partial charge in [-0.2, -0.15) is 0 Å². The molecule has 2 amide bonds. The Morgan fingerprint density at radius 2 is 2.41 bits per heavy atom. The van der Waals surface area contributed by atoms with Crippen molar-refractivity contribution in [3.8, 4) is 0 Å². The minimum Gasteiger partial charge on any atom is -0.379 e. The van der Waals surface area contributed by atoms with Gasteiger partial charge in [0.1, 0.15) is 5.54 Å². The van der Waals surface area contributed by atoms with Crippen molar-refractivity contribution in [2.24, 2.45) is 5.73 Å². The number of hydrogen-bond donors (Lipinski definition) is 2. The quantitative estimate of drug-likeness (QED) is 0.639. The second kappa shape index (κ2) is 4.62. The number of amides is 2. The fraction of sp³-hybridized carbons (Fsp3) is 0.818. The number of carbonyl (C=O) groups is 2. The highest BCUT2D eigenvalue weighted by Crippen LogP contribution is 2.17. The van der Waals surface area contributed by atoms with Crippen LogP contribution in [0.3, 0.4) is 0 Å². The predicted molar refractivity (Wildman–Crippen MR) is 61.2 cm³/mol. The molecule has 6 nitrogen and oxygen atoms in total. The highest BCUT2D eigenvalue weighted by atomic mass is 16.5. The molecule has 0 saturated carbocycles. The first-order valence-corrected chi connectivity index (χ1v) is 5.93. The van der Waals surface area contributed by atoms with Crippen molar-refractivity contribution in [3.63, 3.8) is 0 Å². The zero-order valence-electron chi connectivity index (χ0n) is 10.1. The minimum atomic E-state index is -0.889. The molecule has 6 heteroatoms. The number of ether oxygens (including phenoxy) is 1. The van der Waals surface area contributed by atoms with Crippen LogP contribution in [0.25, 0.3) is 0 Å². The predicted octanol–water partition coefficient (Wildman–Crippen LogP) is -1.16. The van der Waals surface area contributed by atoms with Crippen LogP contribution in [0.4, 0.5) is 0 Å². The van der Waals surface area contributed by atoms with Crippen LogP contribution in [0, 0.1) is 0 Å². The maximum atomic E-state index is 12.0. The summed E-state index contributed by atoms with van der Waals surface area (Å²) in [6.07, 6.45) is 1.72. The van der Waals surface area contributed by atoms with Crippen LogP contribution >= 0.6 is 0 Å². The molecule has 0 bridgehead atoms. The minimum absolute atomic E-state index is 0.00576. The Kier molecular flexibility index (Phi) is 3.35. The maximum Gasteiger partial charge on any atom is 0.242 e. The SMILES string of the molecule is CN1CC(NC(=O)C2(N)CCOC2)CCC1=O. The summed E-state index contributed by atoms with van der Waals surface area (Å²) in [5, 5.41) is 2.91. The normalized spacial score (nSPS) is 33.9. The third-order valence-electron chi connectivity index (χ3n) is 3.47. The number of hydrogen-bond acceptors (Lipinski definition) is 4. The molecule has 2 saturated heterocycles. The van der Waals surface area contributed by atoms with Gasteiger partial charge in [0.25, 0.3) is 0 Å². The molecule has 2 fully saturated rings. The van der Waals surface area contributed by atoms with Crippen LogP contribution in [0.2, 0.25) is 0 Å². The van der Waals surface area contributed by atoms with E-state index in [4.69, 9.17) is 10.5 Å². The molecule has 2 rings (SSSR count). The lowest BCUT2D eigenvalue weighted by Crippen LogP contribution is -2.59. The number of carbonyl (C=O) groups excluding carboxylic acids is 2. The molecule has 0 aromatic rings. The highest BCUT2D eigenvalue weighted by Gasteiger charge is 2.39. The molecule has 2 atom stereocenters. The van der Waals surface area contributed by atoms with Crippen LogP contribution in [0.5, 0.6) is 0 Å². The van der Waals surface area contributed by atoms with Crippen molar-refractivity contribution in [2.45, 2.75) is 30.8 Å². The molecule has 2 aliphatic heterocycles. The number of likely N-dealkylation sites (tertiary alicyclic amines) is 1. The Labute approximate surface area is 100 Å². The van der Waals surface area contributed by atoms with Gasteiger partial charge in [-0.1, -0.05) is 0 Å². The molecule has 0 aliphatic carbocycles. The summed E-state index contributed by atoms with van der Waals surface area (Å²) >= 11 is 0. The van der Waals surface area contributed by atoms with Crippen molar-refractivity contribution < 1.29 is 14.3 Å². The first-order valence-electron chi connectivity index (χ1n) is 5.93. The van der Waals surface area contributed by atoms with Crippen molar-refractivity contribution >= 4 is 11.8 Å². The molecular weight excluding hydrogens is 222 g/mol. The molecule has 2 heterocycles. The van der Waals surface area contributed by atoms with Gasteiger partial charge in [0.05, 0.1) is 6.61 Å².